The predicted octanol–water partition coefficient (Wildman–Crippen LogP) is 11.0. The van der Waals surface area contributed by atoms with E-state index in [2.05, 4.69) is 167 Å². The van der Waals surface area contributed by atoms with Crippen molar-refractivity contribution in [3.8, 4) is 28.1 Å². The van der Waals surface area contributed by atoms with E-state index in [4.69, 9.17) is 9.97 Å². The molecule has 4 heteroatoms. The Kier molecular flexibility index (Phi) is 5.25. The quantitative estimate of drug-likeness (QED) is 0.206. The molecule has 3 heterocycles. The zero-order valence-corrected chi connectivity index (χ0v) is 24.8. The molecule has 9 aromatic rings. The number of aromatic nitrogens is 3. The second kappa shape index (κ2) is 9.62. The normalized spacial score (nSPS) is 12.3. The Labute approximate surface area is 265 Å². The first-order chi connectivity index (χ1) is 22.8. The minimum absolute atomic E-state index is 0.659. The summed E-state index contributed by atoms with van der Waals surface area (Å²) in [5.41, 5.74) is 11.0. The Morgan fingerprint density at radius 1 is 0.413 bits per heavy atom. The van der Waals surface area contributed by atoms with E-state index >= 15 is 0 Å². The standard InChI is InChI=1S/C42H26N4/c1-2-15-28(16-3-1)45-36-24-9-6-19-32(36)40-33(21-12-26-38(40)45)41-31-18-4-7-22-34(31)43-42(44-41)46-35-23-8-5-17-29(35)30-20-10-13-27-14-11-25-37(46)39(27)30/h1-26H. The lowest BCUT2D eigenvalue weighted by Gasteiger charge is -2.32. The summed E-state index contributed by atoms with van der Waals surface area (Å²) in [6.45, 7) is 0. The van der Waals surface area contributed by atoms with Crippen molar-refractivity contribution in [3.63, 3.8) is 0 Å². The SMILES string of the molecule is c1ccc(-n2c3ccccc3c3c(-c4nc(N5c6ccccc6-c6cccc7cccc5c67)nc5ccccc45)cccc32)cc1. The number of benzene rings is 7. The topological polar surface area (TPSA) is 34.0 Å². The summed E-state index contributed by atoms with van der Waals surface area (Å²) in [6, 6.07) is 55.9. The fraction of sp³-hybridized carbons (Fsp3) is 0. The molecule has 1 aliphatic heterocycles. The van der Waals surface area contributed by atoms with E-state index in [1.165, 1.54) is 38.2 Å². The van der Waals surface area contributed by atoms with Gasteiger partial charge < -0.3 is 4.57 Å². The van der Waals surface area contributed by atoms with E-state index in [9.17, 15) is 0 Å². The number of hydrogen-bond acceptors (Lipinski definition) is 3. The van der Waals surface area contributed by atoms with Gasteiger partial charge in [-0.3, -0.25) is 4.90 Å². The van der Waals surface area contributed by atoms with Gasteiger partial charge in [0.1, 0.15) is 0 Å². The molecule has 0 spiro atoms. The summed E-state index contributed by atoms with van der Waals surface area (Å²) in [6.07, 6.45) is 0. The summed E-state index contributed by atoms with van der Waals surface area (Å²) < 4.78 is 2.36. The van der Waals surface area contributed by atoms with Crippen LogP contribution in [0.15, 0.2) is 158 Å². The lowest BCUT2D eigenvalue weighted by molar-refractivity contribution is 1.11. The predicted molar refractivity (Wildman–Crippen MR) is 190 cm³/mol. The molecule has 0 saturated heterocycles. The maximum Gasteiger partial charge on any atom is 0.235 e. The van der Waals surface area contributed by atoms with Gasteiger partial charge in [0.05, 0.1) is 33.6 Å². The first-order valence-electron chi connectivity index (χ1n) is 15.6. The molecule has 0 amide bonds. The van der Waals surface area contributed by atoms with Crippen molar-refractivity contribution in [2.75, 3.05) is 4.90 Å². The highest BCUT2D eigenvalue weighted by molar-refractivity contribution is 6.18. The molecule has 214 valence electrons. The zero-order chi connectivity index (χ0) is 30.2. The Morgan fingerprint density at radius 3 is 1.98 bits per heavy atom. The third kappa shape index (κ3) is 3.49. The van der Waals surface area contributed by atoms with E-state index in [1.54, 1.807) is 0 Å². The summed E-state index contributed by atoms with van der Waals surface area (Å²) >= 11 is 0. The molecular formula is C42H26N4. The van der Waals surface area contributed by atoms with Crippen LogP contribution in [0.5, 0.6) is 0 Å². The van der Waals surface area contributed by atoms with E-state index in [0.29, 0.717) is 5.95 Å². The number of anilines is 3. The Hall–Kier alpha value is -6.26. The molecule has 1 aliphatic rings. The molecule has 7 aromatic carbocycles. The molecular weight excluding hydrogens is 560 g/mol. The monoisotopic (exact) mass is 586 g/mol. The van der Waals surface area contributed by atoms with Gasteiger partial charge in [0.2, 0.25) is 5.95 Å². The maximum atomic E-state index is 5.50. The van der Waals surface area contributed by atoms with Crippen LogP contribution in [0.3, 0.4) is 0 Å². The number of nitrogens with zero attached hydrogens (tertiary/aromatic N) is 4. The molecule has 0 saturated carbocycles. The van der Waals surface area contributed by atoms with Crippen LogP contribution >= 0.6 is 0 Å². The first kappa shape index (κ1) is 25.1. The molecule has 0 atom stereocenters. The van der Waals surface area contributed by atoms with E-state index in [0.717, 1.165) is 44.7 Å². The lowest BCUT2D eigenvalue weighted by atomic mass is 9.91. The van der Waals surface area contributed by atoms with Gasteiger partial charge in [0.15, 0.2) is 0 Å². The molecule has 0 bridgehead atoms. The largest absolute Gasteiger partial charge is 0.309 e. The van der Waals surface area contributed by atoms with Crippen molar-refractivity contribution in [2.45, 2.75) is 0 Å². The molecule has 4 nitrogen and oxygen atoms in total. The molecule has 2 aromatic heterocycles. The highest BCUT2D eigenvalue weighted by atomic mass is 15.3. The molecule has 0 unspecified atom stereocenters. The van der Waals surface area contributed by atoms with E-state index < -0.39 is 0 Å². The second-order valence-electron chi connectivity index (χ2n) is 11.8. The third-order valence-electron chi connectivity index (χ3n) is 9.32. The highest BCUT2D eigenvalue weighted by Gasteiger charge is 2.28. The minimum Gasteiger partial charge on any atom is -0.309 e. The molecule has 0 N–H and O–H groups in total. The molecule has 0 radical (unpaired) electrons. The summed E-state index contributed by atoms with van der Waals surface area (Å²) in [7, 11) is 0. The van der Waals surface area contributed by atoms with Crippen LogP contribution in [0, 0.1) is 0 Å². The Balaban J connectivity index is 1.30. The average Bonchev–Trinajstić information content (AvgIpc) is 3.47. The molecule has 46 heavy (non-hydrogen) atoms. The van der Waals surface area contributed by atoms with Gasteiger partial charge in [-0.2, -0.15) is 0 Å². The van der Waals surface area contributed by atoms with Crippen LogP contribution in [0.25, 0.3) is 71.6 Å². The van der Waals surface area contributed by atoms with Crippen LogP contribution < -0.4 is 4.90 Å². The number of para-hydroxylation sites is 4. The van der Waals surface area contributed by atoms with Crippen molar-refractivity contribution in [3.05, 3.63) is 158 Å². The highest BCUT2D eigenvalue weighted by Crippen LogP contribution is 2.50. The minimum atomic E-state index is 0.659. The smallest absolute Gasteiger partial charge is 0.235 e. The van der Waals surface area contributed by atoms with Crippen LogP contribution in [-0.2, 0) is 0 Å². The second-order valence-corrected chi connectivity index (χ2v) is 11.8. The summed E-state index contributed by atoms with van der Waals surface area (Å²) in [4.78, 5) is 13.0. The zero-order valence-electron chi connectivity index (χ0n) is 24.8. The van der Waals surface area contributed by atoms with Gasteiger partial charge in [-0.25, -0.2) is 9.97 Å². The number of rotatable bonds is 3. The van der Waals surface area contributed by atoms with Gasteiger partial charge in [-0.15, -0.1) is 0 Å². The van der Waals surface area contributed by atoms with Gasteiger partial charge >= 0.3 is 0 Å². The van der Waals surface area contributed by atoms with Crippen molar-refractivity contribution in [1.82, 2.24) is 14.5 Å². The van der Waals surface area contributed by atoms with Crippen molar-refractivity contribution in [2.24, 2.45) is 0 Å². The average molecular weight is 587 g/mol. The summed E-state index contributed by atoms with van der Waals surface area (Å²) in [5, 5.41) is 5.83. The number of hydrogen-bond donors (Lipinski definition) is 0. The molecule has 0 aliphatic carbocycles. The lowest BCUT2D eigenvalue weighted by Crippen LogP contribution is -2.18. The van der Waals surface area contributed by atoms with Crippen LogP contribution in [-0.4, -0.2) is 14.5 Å². The fourth-order valence-corrected chi connectivity index (χ4v) is 7.42. The molecule has 0 fully saturated rings. The Morgan fingerprint density at radius 2 is 1.07 bits per heavy atom. The first-order valence-corrected chi connectivity index (χ1v) is 15.6. The van der Waals surface area contributed by atoms with E-state index in [-0.39, 0.29) is 0 Å². The number of fused-ring (bicyclic) bond motifs is 6. The van der Waals surface area contributed by atoms with E-state index in [1.807, 2.05) is 0 Å². The van der Waals surface area contributed by atoms with Gasteiger partial charge in [-0.05, 0) is 53.4 Å². The van der Waals surface area contributed by atoms with Crippen molar-refractivity contribution < 1.29 is 0 Å². The van der Waals surface area contributed by atoms with Crippen molar-refractivity contribution >= 4 is 60.8 Å². The van der Waals surface area contributed by atoms with Crippen LogP contribution in [0.4, 0.5) is 17.3 Å². The Bertz CT molecular complexity index is 2650. The summed E-state index contributed by atoms with van der Waals surface area (Å²) in [5.74, 6) is 0.659. The van der Waals surface area contributed by atoms with Crippen LogP contribution in [0.1, 0.15) is 0 Å². The fourth-order valence-electron chi connectivity index (χ4n) is 7.42. The van der Waals surface area contributed by atoms with Gasteiger partial charge in [0.25, 0.3) is 0 Å². The maximum absolute atomic E-state index is 5.50. The van der Waals surface area contributed by atoms with Gasteiger partial charge in [-0.1, -0.05) is 115 Å². The van der Waals surface area contributed by atoms with Crippen LogP contribution in [0.2, 0.25) is 0 Å². The van der Waals surface area contributed by atoms with Crippen molar-refractivity contribution in [1.29, 1.82) is 0 Å². The van der Waals surface area contributed by atoms with Gasteiger partial charge in [0, 0.05) is 38.4 Å². The molecule has 10 rings (SSSR count). The third-order valence-corrected chi connectivity index (χ3v) is 9.32.